The summed E-state index contributed by atoms with van der Waals surface area (Å²) in [5.41, 5.74) is -0.221. The minimum absolute atomic E-state index is 0.0342. The van der Waals surface area contributed by atoms with Gasteiger partial charge in [-0.05, 0) is 17.5 Å². The van der Waals surface area contributed by atoms with Crippen molar-refractivity contribution in [1.82, 2.24) is 4.90 Å². The third kappa shape index (κ3) is 3.53. The molecule has 1 fully saturated rings. The first kappa shape index (κ1) is 19.0. The first-order valence-corrected chi connectivity index (χ1v) is 8.11. The smallest absolute Gasteiger partial charge is 0.407 e. The van der Waals surface area contributed by atoms with E-state index in [0.717, 1.165) is 5.69 Å². The molecule has 0 radical (unpaired) electrons. The van der Waals surface area contributed by atoms with Crippen LogP contribution in [-0.4, -0.2) is 59.9 Å². The van der Waals surface area contributed by atoms with Crippen LogP contribution in [0.2, 0.25) is 0 Å². The van der Waals surface area contributed by atoms with Gasteiger partial charge in [-0.1, -0.05) is 20.8 Å². The lowest BCUT2D eigenvalue weighted by molar-refractivity contribution is -0.384. The number of carboxylic acid groups (broad SMARTS) is 1. The van der Waals surface area contributed by atoms with E-state index in [9.17, 15) is 20.0 Å². The number of benzene rings is 1. The number of hydrogen-bond acceptors (Lipinski definition) is 5. The fourth-order valence-electron chi connectivity index (χ4n) is 3.42. The highest BCUT2D eigenvalue weighted by Gasteiger charge is 2.52. The maximum Gasteiger partial charge on any atom is 0.407 e. The zero-order chi connectivity index (χ0) is 18.8. The van der Waals surface area contributed by atoms with Crippen LogP contribution in [0.5, 0.6) is 0 Å². The number of methoxy groups -OCH3 is 1. The third-order valence-corrected chi connectivity index (χ3v) is 5.00. The number of carbonyl (C=O) groups is 1. The Balaban J connectivity index is 2.38. The Morgan fingerprint density at radius 3 is 2.36 bits per heavy atom. The van der Waals surface area contributed by atoms with E-state index in [1.807, 2.05) is 20.8 Å². The summed E-state index contributed by atoms with van der Waals surface area (Å²) in [6, 6.07) is 6.34. The van der Waals surface area contributed by atoms with Gasteiger partial charge in [-0.3, -0.25) is 15.0 Å². The van der Waals surface area contributed by atoms with Crippen molar-refractivity contribution in [2.75, 3.05) is 38.3 Å². The van der Waals surface area contributed by atoms with Gasteiger partial charge in [0, 0.05) is 44.6 Å². The van der Waals surface area contributed by atoms with Gasteiger partial charge in [0.1, 0.15) is 0 Å². The first-order chi connectivity index (χ1) is 11.6. The van der Waals surface area contributed by atoms with Crippen molar-refractivity contribution in [3.8, 4) is 0 Å². The average molecular weight is 351 g/mol. The van der Waals surface area contributed by atoms with Crippen LogP contribution in [-0.2, 0) is 4.74 Å². The van der Waals surface area contributed by atoms with E-state index < -0.39 is 16.6 Å². The Bertz CT molecular complexity index is 641. The molecule has 0 unspecified atom stereocenters. The quantitative estimate of drug-likeness (QED) is 0.662. The van der Waals surface area contributed by atoms with Gasteiger partial charge in [0.15, 0.2) is 0 Å². The van der Waals surface area contributed by atoms with Gasteiger partial charge in [0.2, 0.25) is 0 Å². The molecule has 1 saturated heterocycles. The van der Waals surface area contributed by atoms with Crippen molar-refractivity contribution in [3.63, 3.8) is 0 Å². The molecule has 1 atom stereocenters. The monoisotopic (exact) mass is 351 g/mol. The summed E-state index contributed by atoms with van der Waals surface area (Å²) in [7, 11) is 1.57. The second-order valence-corrected chi connectivity index (χ2v) is 7.34. The van der Waals surface area contributed by atoms with E-state index in [4.69, 9.17) is 4.74 Å². The highest BCUT2D eigenvalue weighted by atomic mass is 16.6. The molecule has 0 spiro atoms. The van der Waals surface area contributed by atoms with Gasteiger partial charge < -0.3 is 14.7 Å². The number of non-ortho nitro benzene ring substituents is 1. The lowest BCUT2D eigenvalue weighted by Gasteiger charge is -2.56. The molecule has 0 saturated carbocycles. The highest BCUT2D eigenvalue weighted by molar-refractivity contribution is 5.67. The van der Waals surface area contributed by atoms with Crippen LogP contribution < -0.4 is 4.90 Å². The SMILES string of the molecule is COC[C@]1(C(C)(C)C)CN(c2ccc([N+](=O)[O-])cc2)CCN1C(=O)O. The van der Waals surface area contributed by atoms with E-state index in [2.05, 4.69) is 4.90 Å². The molecular weight excluding hydrogens is 326 g/mol. The minimum atomic E-state index is -0.963. The Morgan fingerprint density at radius 1 is 1.32 bits per heavy atom. The largest absolute Gasteiger partial charge is 0.465 e. The fraction of sp³-hybridized carbons (Fsp3) is 0.588. The second kappa shape index (κ2) is 6.87. The lowest BCUT2D eigenvalue weighted by Crippen LogP contribution is -2.71. The third-order valence-electron chi connectivity index (χ3n) is 5.00. The number of nitrogens with zero attached hydrogens (tertiary/aromatic N) is 3. The molecule has 0 bridgehead atoms. The predicted octanol–water partition coefficient (Wildman–Crippen LogP) is 2.83. The van der Waals surface area contributed by atoms with Crippen LogP contribution in [0.25, 0.3) is 0 Å². The number of ether oxygens (including phenoxy) is 1. The molecule has 25 heavy (non-hydrogen) atoms. The van der Waals surface area contributed by atoms with Crippen molar-refractivity contribution in [2.24, 2.45) is 5.41 Å². The molecule has 1 aromatic carbocycles. The zero-order valence-corrected chi connectivity index (χ0v) is 15.1. The molecule has 8 nitrogen and oxygen atoms in total. The van der Waals surface area contributed by atoms with Gasteiger partial charge >= 0.3 is 6.09 Å². The standard InChI is InChI=1S/C17H25N3O5/c1-16(2,3)17(12-25-4)11-18(9-10-19(17)15(21)22)13-5-7-14(8-6-13)20(23)24/h5-8H,9-12H2,1-4H3,(H,21,22)/t17-/m0/s1. The van der Waals surface area contributed by atoms with Crippen molar-refractivity contribution in [1.29, 1.82) is 0 Å². The number of amides is 1. The maximum atomic E-state index is 11.8. The molecule has 1 aliphatic rings. The molecule has 0 aromatic heterocycles. The summed E-state index contributed by atoms with van der Waals surface area (Å²) >= 11 is 0. The number of anilines is 1. The molecule has 138 valence electrons. The number of nitro groups is 1. The molecular formula is C17H25N3O5. The average Bonchev–Trinajstić information content (AvgIpc) is 2.53. The van der Waals surface area contributed by atoms with E-state index in [0.29, 0.717) is 19.6 Å². The Kier molecular flexibility index (Phi) is 5.22. The van der Waals surface area contributed by atoms with E-state index >= 15 is 0 Å². The summed E-state index contributed by atoms with van der Waals surface area (Å²) < 4.78 is 5.41. The molecule has 2 rings (SSSR count). The Labute approximate surface area is 147 Å². The molecule has 0 aliphatic carbocycles. The van der Waals surface area contributed by atoms with E-state index in [-0.39, 0.29) is 17.7 Å². The van der Waals surface area contributed by atoms with Crippen molar-refractivity contribution < 1.29 is 19.6 Å². The summed E-state index contributed by atoms with van der Waals surface area (Å²) in [6.07, 6.45) is -0.963. The second-order valence-electron chi connectivity index (χ2n) is 7.34. The van der Waals surface area contributed by atoms with Crippen molar-refractivity contribution in [3.05, 3.63) is 34.4 Å². The summed E-state index contributed by atoms with van der Waals surface area (Å²) in [5.74, 6) is 0. The van der Waals surface area contributed by atoms with Gasteiger partial charge in [0.05, 0.1) is 17.1 Å². The Hall–Kier alpha value is -2.35. The summed E-state index contributed by atoms with van der Waals surface area (Å²) in [5, 5.41) is 20.5. The molecule has 1 aliphatic heterocycles. The number of rotatable bonds is 4. The van der Waals surface area contributed by atoms with Crippen LogP contribution in [0.3, 0.4) is 0 Å². The molecule has 1 heterocycles. The number of nitro benzene ring substituents is 1. The molecule has 8 heteroatoms. The fourth-order valence-corrected chi connectivity index (χ4v) is 3.42. The number of hydrogen-bond donors (Lipinski definition) is 1. The lowest BCUT2D eigenvalue weighted by atomic mass is 9.71. The van der Waals surface area contributed by atoms with Crippen LogP contribution >= 0.6 is 0 Å². The van der Waals surface area contributed by atoms with Crippen molar-refractivity contribution >= 4 is 17.5 Å². The highest BCUT2D eigenvalue weighted by Crippen LogP contribution is 2.40. The first-order valence-electron chi connectivity index (χ1n) is 8.11. The Morgan fingerprint density at radius 2 is 1.92 bits per heavy atom. The van der Waals surface area contributed by atoms with Crippen LogP contribution in [0.4, 0.5) is 16.2 Å². The summed E-state index contributed by atoms with van der Waals surface area (Å²) in [6.45, 7) is 7.59. The molecule has 1 amide bonds. The number of piperazine rings is 1. The molecule has 1 N–H and O–H groups in total. The van der Waals surface area contributed by atoms with Crippen LogP contribution in [0, 0.1) is 15.5 Å². The van der Waals surface area contributed by atoms with Crippen molar-refractivity contribution in [2.45, 2.75) is 26.3 Å². The maximum absolute atomic E-state index is 11.8. The van der Waals surface area contributed by atoms with Gasteiger partial charge in [-0.25, -0.2) is 4.79 Å². The molecule has 1 aromatic rings. The summed E-state index contributed by atoms with van der Waals surface area (Å²) in [4.78, 5) is 25.8. The topological polar surface area (TPSA) is 96.2 Å². The van der Waals surface area contributed by atoms with Gasteiger partial charge in [-0.2, -0.15) is 0 Å². The van der Waals surface area contributed by atoms with Gasteiger partial charge in [0.25, 0.3) is 5.69 Å². The predicted molar refractivity (Wildman–Crippen MR) is 94.1 cm³/mol. The normalized spacial score (nSPS) is 21.3. The zero-order valence-electron chi connectivity index (χ0n) is 15.1. The van der Waals surface area contributed by atoms with Gasteiger partial charge in [-0.15, -0.1) is 0 Å². The van der Waals surface area contributed by atoms with E-state index in [1.165, 1.54) is 17.0 Å². The minimum Gasteiger partial charge on any atom is -0.465 e. The van der Waals surface area contributed by atoms with Crippen LogP contribution in [0.1, 0.15) is 20.8 Å². The van der Waals surface area contributed by atoms with E-state index in [1.54, 1.807) is 19.2 Å². The van der Waals surface area contributed by atoms with Crippen LogP contribution in [0.15, 0.2) is 24.3 Å².